The zero-order chi connectivity index (χ0) is 14.6. The van der Waals surface area contributed by atoms with Crippen LogP contribution in [0.1, 0.15) is 43.0 Å². The highest BCUT2D eigenvalue weighted by Crippen LogP contribution is 2.35. The Hall–Kier alpha value is -2.04. The summed E-state index contributed by atoms with van der Waals surface area (Å²) in [7, 11) is 0. The Morgan fingerprint density at radius 3 is 2.45 bits per heavy atom. The SMILES string of the molecule is CCCCOc1ccc(C(=O)NC2(C(=O)O)CC2)cc1. The Bertz CT molecular complexity index is 491. The summed E-state index contributed by atoms with van der Waals surface area (Å²) in [5.74, 6) is -0.607. The lowest BCUT2D eigenvalue weighted by Crippen LogP contribution is -2.43. The number of hydrogen-bond donors (Lipinski definition) is 2. The standard InChI is InChI=1S/C15H19NO4/c1-2-3-10-20-12-6-4-11(5-7-12)13(17)16-15(8-9-15)14(18)19/h4-7H,2-3,8-10H2,1H3,(H,16,17)(H,18,19). The summed E-state index contributed by atoms with van der Waals surface area (Å²) in [5.41, 5.74) is -0.603. The highest BCUT2D eigenvalue weighted by atomic mass is 16.5. The fourth-order valence-electron chi connectivity index (χ4n) is 1.84. The van der Waals surface area contributed by atoms with Crippen LogP contribution in [-0.2, 0) is 4.79 Å². The minimum atomic E-state index is -1.05. The Labute approximate surface area is 117 Å². The van der Waals surface area contributed by atoms with Gasteiger partial charge < -0.3 is 15.2 Å². The number of carboxylic acid groups (broad SMARTS) is 1. The Balaban J connectivity index is 1.92. The minimum absolute atomic E-state index is 0.356. The van der Waals surface area contributed by atoms with Crippen molar-refractivity contribution >= 4 is 11.9 Å². The van der Waals surface area contributed by atoms with Crippen molar-refractivity contribution < 1.29 is 19.4 Å². The van der Waals surface area contributed by atoms with Crippen LogP contribution in [0.5, 0.6) is 5.75 Å². The van der Waals surface area contributed by atoms with E-state index in [9.17, 15) is 9.59 Å². The van der Waals surface area contributed by atoms with Crippen molar-refractivity contribution in [3.8, 4) is 5.75 Å². The number of carboxylic acids is 1. The monoisotopic (exact) mass is 277 g/mol. The number of aliphatic carboxylic acids is 1. The predicted molar refractivity (Wildman–Crippen MR) is 73.9 cm³/mol. The maximum atomic E-state index is 12.0. The number of ether oxygens (including phenoxy) is 1. The van der Waals surface area contributed by atoms with Crippen LogP contribution >= 0.6 is 0 Å². The van der Waals surface area contributed by atoms with Crippen LogP contribution in [-0.4, -0.2) is 29.1 Å². The topological polar surface area (TPSA) is 75.6 Å². The van der Waals surface area contributed by atoms with Gasteiger partial charge in [0.25, 0.3) is 5.91 Å². The molecule has 1 saturated carbocycles. The first-order valence-electron chi connectivity index (χ1n) is 6.86. The molecular weight excluding hydrogens is 258 g/mol. The number of nitrogens with one attached hydrogen (secondary N) is 1. The normalized spacial score (nSPS) is 15.4. The summed E-state index contributed by atoms with van der Waals surface area (Å²) < 4.78 is 5.51. The Kier molecular flexibility index (Phi) is 4.27. The molecule has 0 unspecified atom stereocenters. The highest BCUT2D eigenvalue weighted by molar-refractivity contribution is 5.98. The van der Waals surface area contributed by atoms with Crippen LogP contribution < -0.4 is 10.1 Å². The summed E-state index contributed by atoms with van der Waals surface area (Å²) in [4.78, 5) is 23.0. The molecule has 20 heavy (non-hydrogen) atoms. The second-order valence-electron chi connectivity index (χ2n) is 5.07. The molecule has 0 spiro atoms. The van der Waals surface area contributed by atoms with Gasteiger partial charge in [-0.2, -0.15) is 0 Å². The van der Waals surface area contributed by atoms with Crippen molar-refractivity contribution in [3.63, 3.8) is 0 Å². The van der Waals surface area contributed by atoms with Crippen LogP contribution in [0.2, 0.25) is 0 Å². The third-order valence-electron chi connectivity index (χ3n) is 3.40. The maximum Gasteiger partial charge on any atom is 0.329 e. The van der Waals surface area contributed by atoms with E-state index in [0.717, 1.165) is 18.6 Å². The smallest absolute Gasteiger partial charge is 0.329 e. The second-order valence-corrected chi connectivity index (χ2v) is 5.07. The predicted octanol–water partition coefficient (Wildman–Crippen LogP) is 2.21. The van der Waals surface area contributed by atoms with E-state index < -0.39 is 11.5 Å². The van der Waals surface area contributed by atoms with E-state index in [0.29, 0.717) is 25.0 Å². The zero-order valence-electron chi connectivity index (χ0n) is 11.5. The van der Waals surface area contributed by atoms with E-state index >= 15 is 0 Å². The molecule has 2 rings (SSSR count). The molecule has 5 heteroatoms. The number of amides is 1. The lowest BCUT2D eigenvalue weighted by molar-refractivity contribution is -0.140. The fraction of sp³-hybridized carbons (Fsp3) is 0.467. The Morgan fingerprint density at radius 1 is 1.30 bits per heavy atom. The van der Waals surface area contributed by atoms with Crippen molar-refractivity contribution in [2.75, 3.05) is 6.61 Å². The molecule has 1 aromatic rings. The van der Waals surface area contributed by atoms with Crippen molar-refractivity contribution in [2.45, 2.75) is 38.1 Å². The van der Waals surface area contributed by atoms with E-state index in [1.54, 1.807) is 24.3 Å². The summed E-state index contributed by atoms with van der Waals surface area (Å²) in [6, 6.07) is 6.75. The molecule has 5 nitrogen and oxygen atoms in total. The van der Waals surface area contributed by atoms with Crippen molar-refractivity contribution in [1.82, 2.24) is 5.32 Å². The number of benzene rings is 1. The van der Waals surface area contributed by atoms with Crippen molar-refractivity contribution in [3.05, 3.63) is 29.8 Å². The molecule has 1 fully saturated rings. The molecule has 0 aliphatic heterocycles. The zero-order valence-corrected chi connectivity index (χ0v) is 11.5. The van der Waals surface area contributed by atoms with Gasteiger partial charge in [0.05, 0.1) is 6.61 Å². The maximum absolute atomic E-state index is 12.0. The molecule has 0 aromatic heterocycles. The van der Waals surface area contributed by atoms with Gasteiger partial charge in [-0.25, -0.2) is 4.79 Å². The molecule has 0 atom stereocenters. The average molecular weight is 277 g/mol. The number of carbonyl (C=O) groups is 2. The van der Waals surface area contributed by atoms with Gasteiger partial charge in [0.1, 0.15) is 11.3 Å². The molecule has 1 aromatic carbocycles. The first-order chi connectivity index (χ1) is 9.57. The van der Waals surface area contributed by atoms with Gasteiger partial charge in [-0.05, 0) is 43.5 Å². The molecule has 108 valence electrons. The van der Waals surface area contributed by atoms with Gasteiger partial charge >= 0.3 is 5.97 Å². The molecule has 1 aliphatic rings. The van der Waals surface area contributed by atoms with Crippen LogP contribution in [0.3, 0.4) is 0 Å². The van der Waals surface area contributed by atoms with Crippen LogP contribution in [0.15, 0.2) is 24.3 Å². The Morgan fingerprint density at radius 2 is 1.95 bits per heavy atom. The summed E-state index contributed by atoms with van der Waals surface area (Å²) in [6.07, 6.45) is 3.04. The first-order valence-corrected chi connectivity index (χ1v) is 6.86. The molecule has 1 aliphatic carbocycles. The fourth-order valence-corrected chi connectivity index (χ4v) is 1.84. The summed E-state index contributed by atoms with van der Waals surface area (Å²) in [5, 5.41) is 11.6. The minimum Gasteiger partial charge on any atom is -0.494 e. The largest absolute Gasteiger partial charge is 0.494 e. The van der Waals surface area contributed by atoms with Gasteiger partial charge in [0.15, 0.2) is 0 Å². The van der Waals surface area contributed by atoms with E-state index in [2.05, 4.69) is 12.2 Å². The molecule has 1 amide bonds. The average Bonchev–Trinajstić information content (AvgIpc) is 3.21. The van der Waals surface area contributed by atoms with Crippen molar-refractivity contribution in [1.29, 1.82) is 0 Å². The van der Waals surface area contributed by atoms with Gasteiger partial charge in [0, 0.05) is 5.56 Å². The van der Waals surface area contributed by atoms with Crippen molar-refractivity contribution in [2.24, 2.45) is 0 Å². The highest BCUT2D eigenvalue weighted by Gasteiger charge is 2.51. The quantitative estimate of drug-likeness (QED) is 0.749. The van der Waals surface area contributed by atoms with Crippen LogP contribution in [0, 0.1) is 0 Å². The summed E-state index contributed by atoms with van der Waals surface area (Å²) in [6.45, 7) is 2.75. The molecule has 0 radical (unpaired) electrons. The summed E-state index contributed by atoms with van der Waals surface area (Å²) >= 11 is 0. The number of unbranched alkanes of at least 4 members (excludes halogenated alkanes) is 1. The molecule has 0 heterocycles. The van der Waals surface area contributed by atoms with E-state index in [-0.39, 0.29) is 5.91 Å². The lowest BCUT2D eigenvalue weighted by atomic mass is 10.1. The van der Waals surface area contributed by atoms with Crippen LogP contribution in [0.4, 0.5) is 0 Å². The van der Waals surface area contributed by atoms with Gasteiger partial charge in [-0.1, -0.05) is 13.3 Å². The third-order valence-corrected chi connectivity index (χ3v) is 3.40. The molecule has 0 saturated heterocycles. The first kappa shape index (κ1) is 14.4. The third kappa shape index (κ3) is 3.29. The van der Waals surface area contributed by atoms with E-state index in [1.807, 2.05) is 0 Å². The van der Waals surface area contributed by atoms with Crippen LogP contribution in [0.25, 0.3) is 0 Å². The van der Waals surface area contributed by atoms with Gasteiger partial charge in [-0.3, -0.25) is 4.79 Å². The second kappa shape index (κ2) is 5.94. The van der Waals surface area contributed by atoms with E-state index in [1.165, 1.54) is 0 Å². The number of carbonyl (C=O) groups excluding carboxylic acids is 1. The molecule has 0 bridgehead atoms. The number of rotatable bonds is 7. The van der Waals surface area contributed by atoms with Gasteiger partial charge in [-0.15, -0.1) is 0 Å². The molecular formula is C15H19NO4. The number of hydrogen-bond acceptors (Lipinski definition) is 3. The molecule has 2 N–H and O–H groups in total. The lowest BCUT2D eigenvalue weighted by Gasteiger charge is -2.12. The van der Waals surface area contributed by atoms with Gasteiger partial charge in [0.2, 0.25) is 0 Å². The van der Waals surface area contributed by atoms with E-state index in [4.69, 9.17) is 9.84 Å².